The number of carbonyl (C=O) groups excluding carboxylic acids is 2. The number of rotatable bonds is 5. The maximum atomic E-state index is 11.2. The third-order valence-electron chi connectivity index (χ3n) is 2.77. The lowest BCUT2D eigenvalue weighted by atomic mass is 10.0. The summed E-state index contributed by atoms with van der Waals surface area (Å²) in [5, 5.41) is 3.16. The van der Waals surface area contributed by atoms with Crippen LogP contribution in [0.1, 0.15) is 39.2 Å². The number of benzene rings is 1. The van der Waals surface area contributed by atoms with Crippen LogP contribution >= 0.6 is 0 Å². The van der Waals surface area contributed by atoms with E-state index in [2.05, 4.69) is 10.1 Å². The van der Waals surface area contributed by atoms with Gasteiger partial charge in [-0.15, -0.1) is 0 Å². The molecule has 0 radical (unpaired) electrons. The van der Waals surface area contributed by atoms with Crippen LogP contribution in [0.4, 0.5) is 5.69 Å². The molecule has 1 aromatic rings. The van der Waals surface area contributed by atoms with Crippen LogP contribution < -0.4 is 10.1 Å². The van der Waals surface area contributed by atoms with Crippen molar-refractivity contribution < 1.29 is 19.1 Å². The van der Waals surface area contributed by atoms with Crippen LogP contribution in [0, 0.1) is 0 Å². The number of esters is 2. The fraction of sp³-hybridized carbons (Fsp3) is 0.375. The highest BCUT2D eigenvalue weighted by atomic mass is 16.5. The van der Waals surface area contributed by atoms with E-state index in [1.165, 1.54) is 20.1 Å². The van der Waals surface area contributed by atoms with Gasteiger partial charge in [0, 0.05) is 24.4 Å². The Kier molecular flexibility index (Phi) is 5.96. The maximum absolute atomic E-state index is 11.2. The summed E-state index contributed by atoms with van der Waals surface area (Å²) in [5.74, 6) is -0.0323. The quantitative estimate of drug-likeness (QED) is 0.512. The topological polar surface area (TPSA) is 64.6 Å². The molecule has 1 rings (SSSR count). The number of nitrogens with one attached hydrogen (secondary N) is 1. The van der Waals surface area contributed by atoms with Gasteiger partial charge in [-0.25, -0.2) is 4.79 Å². The minimum atomic E-state index is -0.414. The van der Waals surface area contributed by atoms with Crippen molar-refractivity contribution in [2.75, 3.05) is 12.4 Å². The molecule has 0 aliphatic carbocycles. The second-order valence-electron chi connectivity index (χ2n) is 4.97. The van der Waals surface area contributed by atoms with Crippen LogP contribution in [-0.2, 0) is 14.3 Å². The van der Waals surface area contributed by atoms with Crippen LogP contribution in [0.25, 0.3) is 0 Å². The molecule has 0 spiro atoms. The molecule has 0 aliphatic heterocycles. The van der Waals surface area contributed by atoms with E-state index in [1.807, 2.05) is 26.0 Å². The summed E-state index contributed by atoms with van der Waals surface area (Å²) >= 11 is 0. The molecule has 0 bridgehead atoms. The Morgan fingerprint density at radius 1 is 1.24 bits per heavy atom. The van der Waals surface area contributed by atoms with Gasteiger partial charge in [0.2, 0.25) is 0 Å². The van der Waals surface area contributed by atoms with E-state index in [1.54, 1.807) is 13.0 Å². The van der Waals surface area contributed by atoms with E-state index >= 15 is 0 Å². The zero-order valence-electron chi connectivity index (χ0n) is 13.0. The Labute approximate surface area is 124 Å². The number of hydrogen-bond donors (Lipinski definition) is 1. The lowest BCUT2D eigenvalue weighted by molar-refractivity contribution is -0.135. The minimum absolute atomic E-state index is 0.230. The number of ether oxygens (including phenoxy) is 2. The molecule has 0 atom stereocenters. The molecule has 0 aliphatic rings. The molecule has 0 saturated heterocycles. The molecule has 5 heteroatoms. The number of carbonyl (C=O) groups is 2. The van der Waals surface area contributed by atoms with Gasteiger partial charge >= 0.3 is 11.9 Å². The van der Waals surface area contributed by atoms with Crippen molar-refractivity contribution in [2.45, 2.75) is 33.6 Å². The molecule has 0 heterocycles. The summed E-state index contributed by atoms with van der Waals surface area (Å²) in [7, 11) is 1.33. The Morgan fingerprint density at radius 3 is 2.43 bits per heavy atom. The second-order valence-corrected chi connectivity index (χ2v) is 4.97. The molecule has 0 unspecified atom stereocenters. The van der Waals surface area contributed by atoms with E-state index in [4.69, 9.17) is 4.74 Å². The lowest BCUT2D eigenvalue weighted by Crippen LogP contribution is -2.06. The molecule has 0 aromatic heterocycles. The van der Waals surface area contributed by atoms with Gasteiger partial charge in [-0.3, -0.25) is 4.79 Å². The Balaban J connectivity index is 3.04. The molecule has 114 valence electrons. The summed E-state index contributed by atoms with van der Waals surface area (Å²) in [6.45, 7) is 7.22. The summed E-state index contributed by atoms with van der Waals surface area (Å²) in [5.41, 5.74) is 2.52. The fourth-order valence-electron chi connectivity index (χ4n) is 1.85. The largest absolute Gasteiger partial charge is 0.466 e. The van der Waals surface area contributed by atoms with Crippen LogP contribution in [0.15, 0.2) is 30.0 Å². The summed E-state index contributed by atoms with van der Waals surface area (Å²) in [6, 6.07) is 5.35. The normalized spacial score (nSPS) is 11.2. The average molecular weight is 291 g/mol. The SMILES string of the molecule is COC(=O)/C=C(/C)Nc1ccc(OC(C)=O)cc1C(C)C. The molecule has 0 amide bonds. The third-order valence-corrected chi connectivity index (χ3v) is 2.77. The number of allylic oxidation sites excluding steroid dienone is 1. The van der Waals surface area contributed by atoms with Crippen molar-refractivity contribution in [2.24, 2.45) is 0 Å². The van der Waals surface area contributed by atoms with Crippen molar-refractivity contribution in [3.8, 4) is 5.75 Å². The minimum Gasteiger partial charge on any atom is -0.466 e. The van der Waals surface area contributed by atoms with Gasteiger partial charge < -0.3 is 14.8 Å². The Bertz CT molecular complexity index is 561. The van der Waals surface area contributed by atoms with Gasteiger partial charge in [-0.05, 0) is 36.6 Å². The van der Waals surface area contributed by atoms with Crippen LogP contribution in [0.2, 0.25) is 0 Å². The summed E-state index contributed by atoms with van der Waals surface area (Å²) in [4.78, 5) is 22.2. The first-order valence-corrected chi connectivity index (χ1v) is 6.69. The first-order chi connectivity index (χ1) is 9.83. The van der Waals surface area contributed by atoms with Gasteiger partial charge in [0.1, 0.15) is 5.75 Å². The van der Waals surface area contributed by atoms with Crippen molar-refractivity contribution in [3.05, 3.63) is 35.5 Å². The van der Waals surface area contributed by atoms with Crippen molar-refractivity contribution in [1.29, 1.82) is 0 Å². The molecule has 5 nitrogen and oxygen atoms in total. The van der Waals surface area contributed by atoms with E-state index in [0.717, 1.165) is 11.3 Å². The fourth-order valence-corrected chi connectivity index (χ4v) is 1.85. The standard InChI is InChI=1S/C16H21NO4/c1-10(2)14-9-13(21-12(4)18)6-7-15(14)17-11(3)8-16(19)20-5/h6-10,17H,1-5H3/b11-8-. The average Bonchev–Trinajstić information content (AvgIpc) is 2.39. The van der Waals surface area contributed by atoms with E-state index in [-0.39, 0.29) is 11.9 Å². The first-order valence-electron chi connectivity index (χ1n) is 6.69. The number of anilines is 1. The van der Waals surface area contributed by atoms with Gasteiger partial charge in [0.25, 0.3) is 0 Å². The Hall–Kier alpha value is -2.30. The molecular weight excluding hydrogens is 270 g/mol. The summed E-state index contributed by atoms with van der Waals surface area (Å²) in [6.07, 6.45) is 1.38. The van der Waals surface area contributed by atoms with Gasteiger partial charge in [-0.2, -0.15) is 0 Å². The van der Waals surface area contributed by atoms with Gasteiger partial charge in [0.05, 0.1) is 7.11 Å². The zero-order valence-corrected chi connectivity index (χ0v) is 13.0. The zero-order chi connectivity index (χ0) is 16.0. The molecular formula is C16H21NO4. The van der Waals surface area contributed by atoms with Crippen LogP contribution in [0.3, 0.4) is 0 Å². The molecule has 0 saturated carbocycles. The third kappa shape index (κ3) is 5.30. The number of methoxy groups -OCH3 is 1. The van der Waals surface area contributed by atoms with Crippen molar-refractivity contribution in [3.63, 3.8) is 0 Å². The monoisotopic (exact) mass is 291 g/mol. The van der Waals surface area contributed by atoms with E-state index < -0.39 is 5.97 Å². The first kappa shape index (κ1) is 16.8. The maximum Gasteiger partial charge on any atom is 0.332 e. The lowest BCUT2D eigenvalue weighted by Gasteiger charge is -2.16. The predicted octanol–water partition coefficient (Wildman–Crippen LogP) is 3.22. The summed E-state index contributed by atoms with van der Waals surface area (Å²) < 4.78 is 9.68. The van der Waals surface area contributed by atoms with Crippen molar-refractivity contribution >= 4 is 17.6 Å². The van der Waals surface area contributed by atoms with Crippen LogP contribution in [0.5, 0.6) is 5.75 Å². The van der Waals surface area contributed by atoms with E-state index in [0.29, 0.717) is 11.4 Å². The van der Waals surface area contributed by atoms with Gasteiger partial charge in [-0.1, -0.05) is 13.8 Å². The molecule has 21 heavy (non-hydrogen) atoms. The molecule has 1 aromatic carbocycles. The highest BCUT2D eigenvalue weighted by Gasteiger charge is 2.10. The highest BCUT2D eigenvalue weighted by Crippen LogP contribution is 2.29. The highest BCUT2D eigenvalue weighted by molar-refractivity contribution is 5.83. The Morgan fingerprint density at radius 2 is 1.90 bits per heavy atom. The smallest absolute Gasteiger partial charge is 0.332 e. The van der Waals surface area contributed by atoms with Gasteiger partial charge in [0.15, 0.2) is 0 Å². The molecule has 1 N–H and O–H groups in total. The molecule has 0 fully saturated rings. The van der Waals surface area contributed by atoms with Crippen LogP contribution in [-0.4, -0.2) is 19.0 Å². The number of hydrogen-bond acceptors (Lipinski definition) is 5. The van der Waals surface area contributed by atoms with Crippen molar-refractivity contribution in [1.82, 2.24) is 0 Å². The van der Waals surface area contributed by atoms with E-state index in [9.17, 15) is 9.59 Å². The predicted molar refractivity (Wildman–Crippen MR) is 81.2 cm³/mol. The second kappa shape index (κ2) is 7.47.